The van der Waals surface area contributed by atoms with E-state index in [1.54, 1.807) is 6.20 Å². The van der Waals surface area contributed by atoms with Crippen LogP contribution < -0.4 is 11.1 Å². The van der Waals surface area contributed by atoms with Crippen LogP contribution in [0.2, 0.25) is 0 Å². The Morgan fingerprint density at radius 2 is 2.42 bits per heavy atom. The van der Waals surface area contributed by atoms with Gasteiger partial charge in [0.25, 0.3) is 0 Å². The van der Waals surface area contributed by atoms with E-state index in [2.05, 4.69) is 14.9 Å². The monoisotopic (exact) mass is 264 g/mol. The summed E-state index contributed by atoms with van der Waals surface area (Å²) in [6.07, 6.45) is 9.30. The van der Waals surface area contributed by atoms with Gasteiger partial charge < -0.3 is 20.4 Å². The van der Waals surface area contributed by atoms with Crippen LogP contribution in [0.15, 0.2) is 18.7 Å². The largest absolute Gasteiger partial charge is 0.379 e. The maximum absolute atomic E-state index is 12.3. The van der Waals surface area contributed by atoms with Gasteiger partial charge in [0.1, 0.15) is 5.54 Å². The molecule has 1 aromatic rings. The molecule has 6 heteroatoms. The summed E-state index contributed by atoms with van der Waals surface area (Å²) in [4.78, 5) is 16.4. The fourth-order valence-corrected chi connectivity index (χ4v) is 3.00. The quantitative estimate of drug-likeness (QED) is 0.817. The van der Waals surface area contributed by atoms with E-state index in [4.69, 9.17) is 10.5 Å². The van der Waals surface area contributed by atoms with E-state index in [9.17, 15) is 4.79 Å². The number of aromatic nitrogens is 2. The fourth-order valence-electron chi connectivity index (χ4n) is 3.00. The molecule has 2 fully saturated rings. The van der Waals surface area contributed by atoms with E-state index in [1.807, 2.05) is 12.5 Å². The fraction of sp³-hybridized carbons (Fsp3) is 0.692. The van der Waals surface area contributed by atoms with E-state index in [0.29, 0.717) is 19.6 Å². The highest BCUT2D eigenvalue weighted by Crippen LogP contribution is 2.30. The molecule has 1 saturated heterocycles. The van der Waals surface area contributed by atoms with Gasteiger partial charge in [-0.2, -0.15) is 0 Å². The topological polar surface area (TPSA) is 82.2 Å². The van der Waals surface area contributed by atoms with Gasteiger partial charge in [0.05, 0.1) is 19.0 Å². The Bertz CT molecular complexity index is 440. The number of nitrogens with one attached hydrogen (secondary N) is 1. The Morgan fingerprint density at radius 3 is 3.11 bits per heavy atom. The lowest BCUT2D eigenvalue weighted by molar-refractivity contribution is -0.127. The Kier molecular flexibility index (Phi) is 3.28. The Labute approximate surface area is 112 Å². The Balaban J connectivity index is 1.67. The van der Waals surface area contributed by atoms with Crippen LogP contribution in [-0.4, -0.2) is 40.3 Å². The van der Waals surface area contributed by atoms with Crippen molar-refractivity contribution in [1.82, 2.24) is 14.9 Å². The maximum atomic E-state index is 12.3. The number of hydrogen-bond acceptors (Lipinski definition) is 4. The molecule has 2 heterocycles. The van der Waals surface area contributed by atoms with Crippen molar-refractivity contribution in [1.29, 1.82) is 0 Å². The summed E-state index contributed by atoms with van der Waals surface area (Å²) in [5.74, 6) is -0.0815. The molecule has 3 atom stereocenters. The van der Waals surface area contributed by atoms with Crippen molar-refractivity contribution in [2.45, 2.75) is 43.3 Å². The molecule has 3 N–H and O–H groups in total. The smallest absolute Gasteiger partial charge is 0.242 e. The lowest BCUT2D eigenvalue weighted by Crippen LogP contribution is -2.57. The summed E-state index contributed by atoms with van der Waals surface area (Å²) in [5.41, 5.74) is 5.24. The lowest BCUT2D eigenvalue weighted by Gasteiger charge is -2.27. The first-order valence-corrected chi connectivity index (χ1v) is 6.84. The third kappa shape index (κ3) is 2.37. The van der Waals surface area contributed by atoms with E-state index in [-0.39, 0.29) is 18.0 Å². The molecule has 0 spiro atoms. The summed E-state index contributed by atoms with van der Waals surface area (Å²) in [5, 5.41) is 3.11. The molecule has 19 heavy (non-hydrogen) atoms. The van der Waals surface area contributed by atoms with Crippen molar-refractivity contribution in [3.8, 4) is 0 Å². The second kappa shape index (κ2) is 4.94. The zero-order valence-corrected chi connectivity index (χ0v) is 10.9. The van der Waals surface area contributed by atoms with Crippen LogP contribution in [0.3, 0.4) is 0 Å². The van der Waals surface area contributed by atoms with Crippen molar-refractivity contribution in [3.05, 3.63) is 18.7 Å². The van der Waals surface area contributed by atoms with Gasteiger partial charge in [-0.05, 0) is 25.7 Å². The molecule has 0 radical (unpaired) electrons. The number of rotatable bonds is 3. The molecule has 0 bridgehead atoms. The molecule has 104 valence electrons. The second-order valence-corrected chi connectivity index (χ2v) is 5.55. The van der Waals surface area contributed by atoms with Crippen molar-refractivity contribution < 1.29 is 9.53 Å². The van der Waals surface area contributed by atoms with Crippen LogP contribution in [0, 0.1) is 0 Å². The molecular weight excluding hydrogens is 244 g/mol. The first-order chi connectivity index (χ1) is 9.19. The zero-order valence-electron chi connectivity index (χ0n) is 10.9. The number of carbonyl (C=O) groups excluding carboxylic acids is 1. The first-order valence-electron chi connectivity index (χ1n) is 6.84. The van der Waals surface area contributed by atoms with Crippen molar-refractivity contribution in [2.75, 3.05) is 13.2 Å². The number of nitrogens with zero attached hydrogens (tertiary/aromatic N) is 2. The van der Waals surface area contributed by atoms with Crippen LogP contribution in [0.1, 0.15) is 31.7 Å². The minimum Gasteiger partial charge on any atom is -0.379 e. The average Bonchev–Trinajstić information content (AvgIpc) is 3.08. The molecule has 0 aromatic carbocycles. The van der Waals surface area contributed by atoms with Gasteiger partial charge in [0.15, 0.2) is 0 Å². The molecule has 1 saturated carbocycles. The number of amides is 1. The zero-order chi connectivity index (χ0) is 13.3. The third-order valence-electron chi connectivity index (χ3n) is 4.21. The number of ether oxygens (including phenoxy) is 1. The molecule has 1 aliphatic heterocycles. The first kappa shape index (κ1) is 12.6. The van der Waals surface area contributed by atoms with Crippen LogP contribution in [0.4, 0.5) is 0 Å². The molecule has 1 amide bonds. The van der Waals surface area contributed by atoms with Crippen LogP contribution in [0.25, 0.3) is 0 Å². The summed E-state index contributed by atoms with van der Waals surface area (Å²) in [6.45, 7) is 0.890. The minimum atomic E-state index is -0.845. The van der Waals surface area contributed by atoms with Crippen molar-refractivity contribution >= 4 is 5.91 Å². The summed E-state index contributed by atoms with van der Waals surface area (Å²) >= 11 is 0. The van der Waals surface area contributed by atoms with Gasteiger partial charge in [-0.1, -0.05) is 0 Å². The van der Waals surface area contributed by atoms with Crippen molar-refractivity contribution in [3.63, 3.8) is 0 Å². The number of imidazole rings is 1. The standard InChI is InChI=1S/C13H20N4O2/c14-13(4-7-19-8-13)12(18)16-10-2-1-3-11(10)17-6-5-15-9-17/h5-6,9-11H,1-4,7-8,14H2,(H,16,18). The summed E-state index contributed by atoms with van der Waals surface area (Å²) < 4.78 is 7.32. The third-order valence-corrected chi connectivity index (χ3v) is 4.21. The van der Waals surface area contributed by atoms with Crippen LogP contribution in [-0.2, 0) is 9.53 Å². The SMILES string of the molecule is NC1(C(=O)NC2CCCC2n2ccnc2)CCOC1. The van der Waals surface area contributed by atoms with E-state index in [0.717, 1.165) is 19.3 Å². The van der Waals surface area contributed by atoms with Gasteiger partial charge in [0, 0.05) is 25.0 Å². The van der Waals surface area contributed by atoms with Crippen molar-refractivity contribution in [2.24, 2.45) is 5.73 Å². The molecule has 2 aliphatic rings. The van der Waals surface area contributed by atoms with Gasteiger partial charge in [-0.25, -0.2) is 4.98 Å². The number of hydrogen-bond donors (Lipinski definition) is 2. The minimum absolute atomic E-state index is 0.0815. The highest BCUT2D eigenvalue weighted by molar-refractivity contribution is 5.86. The van der Waals surface area contributed by atoms with Gasteiger partial charge in [0.2, 0.25) is 5.91 Å². The normalized spacial score (nSPS) is 34.6. The molecule has 1 aliphatic carbocycles. The van der Waals surface area contributed by atoms with E-state index < -0.39 is 5.54 Å². The predicted octanol–water partition coefficient (Wildman–Crippen LogP) is 0.211. The highest BCUT2D eigenvalue weighted by Gasteiger charge is 2.40. The summed E-state index contributed by atoms with van der Waals surface area (Å²) in [7, 11) is 0. The maximum Gasteiger partial charge on any atom is 0.242 e. The van der Waals surface area contributed by atoms with E-state index in [1.165, 1.54) is 0 Å². The summed E-state index contributed by atoms with van der Waals surface area (Å²) in [6, 6.07) is 0.431. The van der Waals surface area contributed by atoms with Gasteiger partial charge >= 0.3 is 0 Å². The molecule has 3 rings (SSSR count). The predicted molar refractivity (Wildman–Crippen MR) is 69.4 cm³/mol. The average molecular weight is 264 g/mol. The van der Waals surface area contributed by atoms with Crippen LogP contribution >= 0.6 is 0 Å². The Morgan fingerprint density at radius 1 is 1.53 bits per heavy atom. The molecular formula is C13H20N4O2. The number of carbonyl (C=O) groups is 1. The number of nitrogens with two attached hydrogens (primary N) is 1. The van der Waals surface area contributed by atoms with Gasteiger partial charge in [-0.15, -0.1) is 0 Å². The Hall–Kier alpha value is -1.40. The molecule has 3 unspecified atom stereocenters. The molecule has 6 nitrogen and oxygen atoms in total. The van der Waals surface area contributed by atoms with E-state index >= 15 is 0 Å². The second-order valence-electron chi connectivity index (χ2n) is 5.55. The van der Waals surface area contributed by atoms with Gasteiger partial charge in [-0.3, -0.25) is 4.79 Å². The lowest BCUT2D eigenvalue weighted by atomic mass is 9.98. The molecule has 1 aromatic heterocycles. The van der Waals surface area contributed by atoms with Crippen LogP contribution in [0.5, 0.6) is 0 Å². The highest BCUT2D eigenvalue weighted by atomic mass is 16.5.